The number of hydrogen-bond acceptors (Lipinski definition) is 4. The first-order valence-electron chi connectivity index (χ1n) is 5.52. The Morgan fingerprint density at radius 1 is 1.32 bits per heavy atom. The van der Waals surface area contributed by atoms with Crippen LogP contribution in [0.3, 0.4) is 0 Å². The predicted octanol–water partition coefficient (Wildman–Crippen LogP) is 2.34. The Morgan fingerprint density at radius 3 is 2.68 bits per heavy atom. The molecule has 4 nitrogen and oxygen atoms in total. The summed E-state index contributed by atoms with van der Waals surface area (Å²) >= 11 is 7.49. The van der Waals surface area contributed by atoms with Gasteiger partial charge in [0.15, 0.2) is 0 Å². The van der Waals surface area contributed by atoms with E-state index in [1.165, 1.54) is 23.5 Å². The lowest BCUT2D eigenvalue weighted by Crippen LogP contribution is -2.23. The molecular formula is C12H13ClN2O2S2. The molecule has 2 rings (SSSR count). The summed E-state index contributed by atoms with van der Waals surface area (Å²) in [5.74, 6) is 0. The Balaban J connectivity index is 2.17. The zero-order chi connectivity index (χ0) is 13.9. The van der Waals surface area contributed by atoms with Crippen LogP contribution in [0.1, 0.15) is 11.1 Å². The molecule has 0 amide bonds. The standard InChI is InChI=1S/C12H13ClN2O2S2/c13-12-5-11(2-1-10(12)6-14)19(16,17)15-7-9-3-4-18-8-9/h1-5,8,15H,6-7,14H2. The average Bonchev–Trinajstić information content (AvgIpc) is 2.89. The number of nitrogens with two attached hydrogens (primary N) is 1. The fourth-order valence-electron chi connectivity index (χ4n) is 1.52. The quantitative estimate of drug-likeness (QED) is 0.889. The maximum absolute atomic E-state index is 12.1. The maximum Gasteiger partial charge on any atom is 0.240 e. The van der Waals surface area contributed by atoms with Crippen molar-refractivity contribution in [2.24, 2.45) is 5.73 Å². The molecule has 19 heavy (non-hydrogen) atoms. The predicted molar refractivity (Wildman–Crippen MR) is 77.7 cm³/mol. The van der Waals surface area contributed by atoms with Gasteiger partial charge in [0.05, 0.1) is 4.90 Å². The van der Waals surface area contributed by atoms with Gasteiger partial charge in [0, 0.05) is 18.1 Å². The number of nitrogens with one attached hydrogen (secondary N) is 1. The van der Waals surface area contributed by atoms with E-state index in [-0.39, 0.29) is 18.0 Å². The van der Waals surface area contributed by atoms with Crippen molar-refractivity contribution in [1.29, 1.82) is 0 Å². The maximum atomic E-state index is 12.1. The lowest BCUT2D eigenvalue weighted by Gasteiger charge is -2.08. The molecule has 0 spiro atoms. The third kappa shape index (κ3) is 3.55. The summed E-state index contributed by atoms with van der Waals surface area (Å²) in [5, 5.41) is 4.16. The molecule has 0 saturated carbocycles. The molecule has 0 aliphatic rings. The third-order valence-corrected chi connectivity index (χ3v) is 5.08. The molecule has 0 fully saturated rings. The molecule has 102 valence electrons. The van der Waals surface area contributed by atoms with Crippen molar-refractivity contribution < 1.29 is 8.42 Å². The highest BCUT2D eigenvalue weighted by Crippen LogP contribution is 2.20. The highest BCUT2D eigenvalue weighted by atomic mass is 35.5. The van der Waals surface area contributed by atoms with E-state index >= 15 is 0 Å². The molecular weight excluding hydrogens is 304 g/mol. The van der Waals surface area contributed by atoms with Gasteiger partial charge in [-0.1, -0.05) is 17.7 Å². The largest absolute Gasteiger partial charge is 0.326 e. The van der Waals surface area contributed by atoms with E-state index in [9.17, 15) is 8.42 Å². The molecule has 0 aliphatic carbocycles. The van der Waals surface area contributed by atoms with Crippen molar-refractivity contribution in [3.63, 3.8) is 0 Å². The molecule has 2 aromatic rings. The van der Waals surface area contributed by atoms with Crippen LogP contribution in [0.2, 0.25) is 5.02 Å². The van der Waals surface area contributed by atoms with Crippen molar-refractivity contribution in [2.45, 2.75) is 18.0 Å². The van der Waals surface area contributed by atoms with E-state index in [1.807, 2.05) is 16.8 Å². The lowest BCUT2D eigenvalue weighted by molar-refractivity contribution is 0.581. The smallest absolute Gasteiger partial charge is 0.240 e. The van der Waals surface area contributed by atoms with Crippen LogP contribution in [0.4, 0.5) is 0 Å². The van der Waals surface area contributed by atoms with Gasteiger partial charge in [0.25, 0.3) is 0 Å². The van der Waals surface area contributed by atoms with E-state index in [0.717, 1.165) is 11.1 Å². The van der Waals surface area contributed by atoms with E-state index in [1.54, 1.807) is 6.07 Å². The summed E-state index contributed by atoms with van der Waals surface area (Å²) in [6.45, 7) is 0.545. The summed E-state index contributed by atoms with van der Waals surface area (Å²) < 4.78 is 26.7. The van der Waals surface area contributed by atoms with Crippen LogP contribution < -0.4 is 10.5 Å². The Bertz CT molecular complexity index is 654. The van der Waals surface area contributed by atoms with Crippen LogP contribution in [-0.2, 0) is 23.1 Å². The molecule has 3 N–H and O–H groups in total. The highest BCUT2D eigenvalue weighted by molar-refractivity contribution is 7.89. The SMILES string of the molecule is NCc1ccc(S(=O)(=O)NCc2ccsc2)cc1Cl. The van der Waals surface area contributed by atoms with Crippen molar-refractivity contribution in [3.05, 3.63) is 51.2 Å². The molecule has 1 heterocycles. The van der Waals surface area contributed by atoms with Crippen LogP contribution in [0.5, 0.6) is 0 Å². The first kappa shape index (κ1) is 14.5. The fraction of sp³-hybridized carbons (Fsp3) is 0.167. The Hall–Kier alpha value is -0.920. The first-order chi connectivity index (χ1) is 9.03. The number of sulfonamides is 1. The monoisotopic (exact) mass is 316 g/mol. The molecule has 0 unspecified atom stereocenters. The number of rotatable bonds is 5. The van der Waals surface area contributed by atoms with E-state index in [0.29, 0.717) is 5.02 Å². The molecule has 0 aliphatic heterocycles. The molecule has 0 saturated heterocycles. The normalized spacial score (nSPS) is 11.7. The molecule has 0 radical (unpaired) electrons. The second kappa shape index (κ2) is 6.02. The topological polar surface area (TPSA) is 72.2 Å². The minimum atomic E-state index is -3.55. The second-order valence-electron chi connectivity index (χ2n) is 3.91. The summed E-state index contributed by atoms with van der Waals surface area (Å²) in [7, 11) is -3.55. The van der Waals surface area contributed by atoms with Gasteiger partial charge in [-0.3, -0.25) is 0 Å². The number of thiophene rings is 1. The van der Waals surface area contributed by atoms with E-state index in [2.05, 4.69) is 4.72 Å². The van der Waals surface area contributed by atoms with Gasteiger partial charge in [-0.15, -0.1) is 0 Å². The van der Waals surface area contributed by atoms with Gasteiger partial charge in [-0.25, -0.2) is 13.1 Å². The van der Waals surface area contributed by atoms with Gasteiger partial charge < -0.3 is 5.73 Å². The lowest BCUT2D eigenvalue weighted by atomic mass is 10.2. The van der Waals surface area contributed by atoms with Crippen LogP contribution in [-0.4, -0.2) is 8.42 Å². The Labute approximate surface area is 121 Å². The Morgan fingerprint density at radius 2 is 2.11 bits per heavy atom. The van der Waals surface area contributed by atoms with Crippen LogP contribution >= 0.6 is 22.9 Å². The van der Waals surface area contributed by atoms with E-state index in [4.69, 9.17) is 17.3 Å². The second-order valence-corrected chi connectivity index (χ2v) is 6.87. The Kier molecular flexibility index (Phi) is 4.59. The number of hydrogen-bond donors (Lipinski definition) is 2. The molecule has 1 aromatic carbocycles. The van der Waals surface area contributed by atoms with Crippen LogP contribution in [0.25, 0.3) is 0 Å². The van der Waals surface area contributed by atoms with Crippen molar-refractivity contribution >= 4 is 33.0 Å². The summed E-state index contributed by atoms with van der Waals surface area (Å²) in [6, 6.07) is 6.42. The highest BCUT2D eigenvalue weighted by Gasteiger charge is 2.15. The molecule has 0 bridgehead atoms. The van der Waals surface area contributed by atoms with E-state index < -0.39 is 10.0 Å². The number of halogens is 1. The minimum absolute atomic E-state index is 0.143. The van der Waals surface area contributed by atoms with Gasteiger partial charge >= 0.3 is 0 Å². The van der Waals surface area contributed by atoms with Gasteiger partial charge in [-0.05, 0) is 40.1 Å². The van der Waals surface area contributed by atoms with Gasteiger partial charge in [0.1, 0.15) is 0 Å². The van der Waals surface area contributed by atoms with Crippen molar-refractivity contribution in [1.82, 2.24) is 4.72 Å². The average molecular weight is 317 g/mol. The fourth-order valence-corrected chi connectivity index (χ4v) is 3.55. The van der Waals surface area contributed by atoms with Gasteiger partial charge in [0.2, 0.25) is 10.0 Å². The molecule has 7 heteroatoms. The van der Waals surface area contributed by atoms with Crippen molar-refractivity contribution in [3.8, 4) is 0 Å². The summed E-state index contributed by atoms with van der Waals surface area (Å²) in [5.41, 5.74) is 7.13. The minimum Gasteiger partial charge on any atom is -0.326 e. The van der Waals surface area contributed by atoms with Crippen LogP contribution in [0.15, 0.2) is 39.9 Å². The molecule has 0 atom stereocenters. The van der Waals surface area contributed by atoms with Gasteiger partial charge in [-0.2, -0.15) is 11.3 Å². The van der Waals surface area contributed by atoms with Crippen molar-refractivity contribution in [2.75, 3.05) is 0 Å². The first-order valence-corrected chi connectivity index (χ1v) is 8.32. The third-order valence-electron chi connectivity index (χ3n) is 2.60. The van der Waals surface area contributed by atoms with Crippen LogP contribution in [0, 0.1) is 0 Å². The number of benzene rings is 1. The zero-order valence-corrected chi connectivity index (χ0v) is 12.4. The zero-order valence-electron chi connectivity index (χ0n) is 9.97. The molecule has 1 aromatic heterocycles. The summed E-state index contributed by atoms with van der Waals surface area (Å²) in [4.78, 5) is 0.143. The summed E-state index contributed by atoms with van der Waals surface area (Å²) in [6.07, 6.45) is 0.